The fourth-order valence-electron chi connectivity index (χ4n) is 8.28. The number of fused-ring (bicyclic) bond motifs is 2. The van der Waals surface area contributed by atoms with Crippen molar-refractivity contribution in [2.75, 3.05) is 32.7 Å². The molecular formula is C51H61N11O7. The highest BCUT2D eigenvalue weighted by atomic mass is 16.2. The van der Waals surface area contributed by atoms with Gasteiger partial charge < -0.3 is 42.7 Å². The Kier molecular flexibility index (Phi) is 18.2. The average molecular weight is 940 g/mol. The number of urea groups is 1. The summed E-state index contributed by atoms with van der Waals surface area (Å²) in [7, 11) is 0. The highest BCUT2D eigenvalue weighted by molar-refractivity contribution is 5.97. The monoisotopic (exact) mass is 939 g/mol. The maximum absolute atomic E-state index is 14.7. The molecule has 1 aliphatic rings. The summed E-state index contributed by atoms with van der Waals surface area (Å²) in [4.78, 5) is 105. The number of nitrogens with one attached hydrogen (secondary N) is 7. The lowest BCUT2D eigenvalue weighted by atomic mass is 9.89. The first-order valence-electron chi connectivity index (χ1n) is 23.1. The predicted octanol–water partition coefficient (Wildman–Crippen LogP) is 2.26. The summed E-state index contributed by atoms with van der Waals surface area (Å²) >= 11 is 0. The second-order valence-corrected chi connectivity index (χ2v) is 17.1. The standard InChI is InChI=1S/C51H61N11O7/c1-3-22-61-23-12-11-21-42(47(53)65)57-49(67)35(26-34-15-5-4-6-16-34)29-45(63)43(27-36-31-54-40-19-9-7-17-38(36)40)58-48(66)33(2)56-50(68)44(28-37-32-55-41-20-10-8-18-39(37)41)59-51(69)62(25-14-13-24-61)60-46(64)30-52/h3-10,15-20,31-33,35,42-44,54-55H,1,11-12,21-30,52H2,2H3,(H2,53,65)(H,56,68)(H,57,67)(H,58,66)(H,59,69)(H,60,64)/t33-,35-,42-,43-,44+/m0/s1. The van der Waals surface area contributed by atoms with Crippen LogP contribution in [0.25, 0.3) is 21.8 Å². The molecule has 0 unspecified atom stereocenters. The number of nitrogens with two attached hydrogens (primary N) is 2. The van der Waals surface area contributed by atoms with Crippen LogP contribution in [-0.2, 0) is 48.0 Å². The van der Waals surface area contributed by atoms with Crippen LogP contribution < -0.4 is 38.2 Å². The summed E-state index contributed by atoms with van der Waals surface area (Å²) in [6, 6.07) is 18.5. The summed E-state index contributed by atoms with van der Waals surface area (Å²) in [6.45, 7) is 5.84. The van der Waals surface area contributed by atoms with Crippen LogP contribution in [-0.4, -0.2) is 118 Å². The molecule has 2 aromatic heterocycles. The lowest BCUT2D eigenvalue weighted by Crippen LogP contribution is -2.59. The van der Waals surface area contributed by atoms with E-state index in [1.807, 2.05) is 83.8 Å². The Hall–Kier alpha value is -7.75. The zero-order valence-electron chi connectivity index (χ0n) is 38.7. The Morgan fingerprint density at radius 1 is 0.754 bits per heavy atom. The Bertz CT molecular complexity index is 2690. The van der Waals surface area contributed by atoms with Crippen molar-refractivity contribution in [2.45, 2.75) is 76.0 Å². The summed E-state index contributed by atoms with van der Waals surface area (Å²) in [6.07, 6.45) is 6.37. The maximum Gasteiger partial charge on any atom is 0.337 e. The number of para-hydroxylation sites is 2. The van der Waals surface area contributed by atoms with Crippen LogP contribution in [0.5, 0.6) is 0 Å². The second kappa shape index (κ2) is 24.9. The van der Waals surface area contributed by atoms with Crippen molar-refractivity contribution in [1.29, 1.82) is 0 Å². The number of amides is 7. The van der Waals surface area contributed by atoms with Crippen LogP contribution in [0.2, 0.25) is 0 Å². The first kappa shape index (κ1) is 50.7. The molecule has 3 heterocycles. The summed E-state index contributed by atoms with van der Waals surface area (Å²) in [5, 5.41) is 13.7. The van der Waals surface area contributed by atoms with E-state index in [0.717, 1.165) is 37.9 Å². The molecule has 0 spiro atoms. The number of rotatable bonds is 11. The topological polar surface area (TPSA) is 270 Å². The van der Waals surface area contributed by atoms with E-state index in [2.05, 4.69) is 55.1 Å². The number of benzene rings is 3. The normalized spacial score (nSPS) is 21.1. The van der Waals surface area contributed by atoms with Crippen molar-refractivity contribution in [1.82, 2.24) is 46.6 Å². The van der Waals surface area contributed by atoms with Crippen LogP contribution >= 0.6 is 0 Å². The van der Waals surface area contributed by atoms with E-state index in [1.165, 1.54) is 6.92 Å². The van der Waals surface area contributed by atoms with E-state index in [1.54, 1.807) is 18.5 Å². The average Bonchev–Trinajstić information content (AvgIpc) is 3.95. The van der Waals surface area contributed by atoms with Crippen molar-refractivity contribution in [3.63, 3.8) is 0 Å². The van der Waals surface area contributed by atoms with Gasteiger partial charge in [-0.25, -0.2) is 9.80 Å². The van der Waals surface area contributed by atoms with Gasteiger partial charge in [-0.05, 0) is 68.0 Å². The summed E-state index contributed by atoms with van der Waals surface area (Å²) < 4.78 is 0. The molecule has 3 aromatic carbocycles. The van der Waals surface area contributed by atoms with E-state index < -0.39 is 78.0 Å². The van der Waals surface area contributed by atoms with Gasteiger partial charge in [0.2, 0.25) is 23.6 Å². The smallest absolute Gasteiger partial charge is 0.337 e. The third-order valence-corrected chi connectivity index (χ3v) is 12.0. The number of hydrogen-bond acceptors (Lipinski definition) is 9. The van der Waals surface area contributed by atoms with E-state index in [4.69, 9.17) is 11.5 Å². The number of ketones is 1. The summed E-state index contributed by atoms with van der Waals surface area (Å²) in [5.41, 5.74) is 17.7. The Morgan fingerprint density at radius 2 is 1.38 bits per heavy atom. The van der Waals surface area contributed by atoms with Gasteiger partial charge in [0.25, 0.3) is 5.91 Å². The van der Waals surface area contributed by atoms with Crippen LogP contribution in [0, 0.1) is 17.8 Å². The minimum Gasteiger partial charge on any atom is -0.368 e. The largest absolute Gasteiger partial charge is 0.368 e. The van der Waals surface area contributed by atoms with Crippen molar-refractivity contribution >= 4 is 63.2 Å². The minimum atomic E-state index is -1.29. The minimum absolute atomic E-state index is 0.0278. The first-order valence-corrected chi connectivity index (χ1v) is 23.1. The first-order chi connectivity index (χ1) is 33.3. The number of primary amides is 1. The van der Waals surface area contributed by atoms with Gasteiger partial charge in [0.1, 0.15) is 24.7 Å². The quantitative estimate of drug-likeness (QED) is 0.0694. The number of carbonyl (C=O) groups is 7. The summed E-state index contributed by atoms with van der Waals surface area (Å²) in [5.74, 6) is 1.14. The number of nitrogens with zero attached hydrogens (tertiary/aromatic N) is 2. The van der Waals surface area contributed by atoms with Gasteiger partial charge in [0, 0.05) is 65.9 Å². The molecular weight excluding hydrogens is 879 g/mol. The van der Waals surface area contributed by atoms with Gasteiger partial charge in [-0.1, -0.05) is 84.6 Å². The van der Waals surface area contributed by atoms with Gasteiger partial charge in [-0.3, -0.25) is 39.1 Å². The molecule has 18 nitrogen and oxygen atoms in total. The van der Waals surface area contributed by atoms with Gasteiger partial charge >= 0.3 is 6.03 Å². The molecule has 5 atom stereocenters. The molecule has 0 saturated heterocycles. The fraction of sp³-hybridized carbons (Fsp3) is 0.353. The molecule has 7 amide bonds. The second-order valence-electron chi connectivity index (χ2n) is 17.1. The molecule has 0 radical (unpaired) electrons. The maximum atomic E-state index is 14.7. The Morgan fingerprint density at radius 3 is 2.01 bits per heavy atom. The number of carbonyl (C=O) groups excluding carboxylic acids is 7. The number of Topliss-reactive ketones (excluding diaryl/α,β-unsaturated/α-hetero) is 1. The number of H-pyrrole nitrogens is 2. The van der Waals surface area contributed by atoms with Crippen molar-refractivity contribution in [3.05, 3.63) is 121 Å². The Balaban J connectivity index is 1.35. The molecule has 11 N–H and O–H groups in total. The zero-order chi connectivity index (χ0) is 49.3. The van der Waals surface area contributed by atoms with Gasteiger partial charge in [-0.15, -0.1) is 6.58 Å². The predicted molar refractivity (Wildman–Crippen MR) is 262 cm³/mol. The fourth-order valence-corrected chi connectivity index (χ4v) is 8.28. The highest BCUT2D eigenvalue weighted by Gasteiger charge is 2.33. The van der Waals surface area contributed by atoms with Gasteiger partial charge in [-0.2, -0.15) is 0 Å². The molecule has 362 valence electrons. The van der Waals surface area contributed by atoms with Crippen LogP contribution in [0.3, 0.4) is 0 Å². The molecule has 0 saturated carbocycles. The number of aromatic nitrogens is 2. The lowest BCUT2D eigenvalue weighted by molar-refractivity contribution is -0.134. The zero-order valence-corrected chi connectivity index (χ0v) is 38.7. The number of hydrazine groups is 1. The molecule has 0 bridgehead atoms. The van der Waals surface area contributed by atoms with Crippen molar-refractivity contribution in [3.8, 4) is 11.8 Å². The van der Waals surface area contributed by atoms with E-state index in [-0.39, 0.29) is 45.2 Å². The van der Waals surface area contributed by atoms with E-state index >= 15 is 0 Å². The molecule has 5 aromatic rings. The third kappa shape index (κ3) is 14.4. The van der Waals surface area contributed by atoms with Crippen molar-refractivity contribution in [2.24, 2.45) is 17.4 Å². The molecule has 0 aliphatic carbocycles. The molecule has 0 fully saturated rings. The van der Waals surface area contributed by atoms with Crippen molar-refractivity contribution < 1.29 is 33.6 Å². The highest BCUT2D eigenvalue weighted by Crippen LogP contribution is 2.23. The molecule has 6 rings (SSSR count). The van der Waals surface area contributed by atoms with E-state index in [9.17, 15) is 33.6 Å². The van der Waals surface area contributed by atoms with Crippen LogP contribution in [0.4, 0.5) is 4.79 Å². The lowest BCUT2D eigenvalue weighted by Gasteiger charge is -2.27. The van der Waals surface area contributed by atoms with Crippen LogP contribution in [0.15, 0.2) is 104 Å². The van der Waals surface area contributed by atoms with Gasteiger partial charge in [0.15, 0.2) is 5.78 Å². The molecule has 69 heavy (non-hydrogen) atoms. The van der Waals surface area contributed by atoms with E-state index in [0.29, 0.717) is 31.5 Å². The molecule has 18 heteroatoms. The SMILES string of the molecule is C=CCN1CC#CCN(NC(=O)CN)C(=O)N[C@H](Cc2c[nH]c3ccccc23)C(=O)N[C@@H](C)C(=O)N[C@@H](Cc2c[nH]c3ccccc23)C(=O)C[C@H](Cc2ccccc2)C(=O)N[C@H](C(N)=O)CCCC1. The third-order valence-electron chi connectivity index (χ3n) is 12.0. The Labute approximate surface area is 400 Å². The number of aromatic amines is 2. The van der Waals surface area contributed by atoms with Crippen LogP contribution in [0.1, 0.15) is 49.3 Å². The van der Waals surface area contributed by atoms with Gasteiger partial charge in [0.05, 0.1) is 19.1 Å². The number of hydrogen-bond donors (Lipinski definition) is 9. The molecule has 1 aliphatic heterocycles.